The third kappa shape index (κ3) is 2.89. The molecule has 2 aromatic carbocycles. The molecule has 0 spiro atoms. The lowest BCUT2D eigenvalue weighted by Gasteiger charge is -2.09. The molecule has 0 unspecified atom stereocenters. The highest BCUT2D eigenvalue weighted by atomic mass is 16.5. The molecule has 2 aromatic heterocycles. The highest BCUT2D eigenvalue weighted by Crippen LogP contribution is 2.34. The standard InChI is InChI=1S/C21H16N2O4/c24-21(14-5-3-4-13(10-14)20-23-22-12-25-20)26-15-8-9-19-17(11-15)16-6-1-2-7-18(16)27-19/h3-5,8-12H,1-2,6-7H2. The van der Waals surface area contributed by atoms with Crippen LogP contribution in [0.15, 0.2) is 57.7 Å². The zero-order valence-electron chi connectivity index (χ0n) is 14.5. The molecule has 1 aliphatic rings. The van der Waals surface area contributed by atoms with Gasteiger partial charge in [-0.3, -0.25) is 0 Å². The molecule has 2 heterocycles. The number of fused-ring (bicyclic) bond motifs is 3. The van der Waals surface area contributed by atoms with Crippen LogP contribution in [-0.4, -0.2) is 16.2 Å². The summed E-state index contributed by atoms with van der Waals surface area (Å²) in [5, 5.41) is 8.56. The molecule has 5 rings (SSSR count). The van der Waals surface area contributed by atoms with E-state index in [1.54, 1.807) is 30.3 Å². The minimum atomic E-state index is -0.437. The normalized spacial score (nSPS) is 13.5. The van der Waals surface area contributed by atoms with E-state index in [1.165, 1.54) is 12.0 Å². The molecule has 0 saturated heterocycles. The van der Waals surface area contributed by atoms with Crippen molar-refractivity contribution >= 4 is 16.9 Å². The van der Waals surface area contributed by atoms with Gasteiger partial charge in [-0.15, -0.1) is 10.2 Å². The third-order valence-electron chi connectivity index (χ3n) is 4.84. The second kappa shape index (κ2) is 6.39. The molecule has 0 aliphatic heterocycles. The molecule has 1 aliphatic carbocycles. The Morgan fingerprint density at radius 2 is 2.00 bits per heavy atom. The predicted octanol–water partition coefficient (Wildman–Crippen LogP) is 4.58. The fourth-order valence-electron chi connectivity index (χ4n) is 3.55. The van der Waals surface area contributed by atoms with E-state index in [0.29, 0.717) is 22.8 Å². The van der Waals surface area contributed by atoms with E-state index in [-0.39, 0.29) is 0 Å². The first kappa shape index (κ1) is 15.8. The van der Waals surface area contributed by atoms with Crippen molar-refractivity contribution < 1.29 is 18.4 Å². The molecule has 0 radical (unpaired) electrons. The van der Waals surface area contributed by atoms with Crippen molar-refractivity contribution in [3.8, 4) is 17.2 Å². The van der Waals surface area contributed by atoms with Crippen molar-refractivity contribution in [2.24, 2.45) is 0 Å². The van der Waals surface area contributed by atoms with Gasteiger partial charge in [-0.1, -0.05) is 6.07 Å². The zero-order valence-corrected chi connectivity index (χ0v) is 14.5. The summed E-state index contributed by atoms with van der Waals surface area (Å²) in [5.74, 6) is 1.49. The molecule has 134 valence electrons. The van der Waals surface area contributed by atoms with Crippen LogP contribution in [0.3, 0.4) is 0 Å². The van der Waals surface area contributed by atoms with Crippen molar-refractivity contribution in [2.75, 3.05) is 0 Å². The van der Waals surface area contributed by atoms with Crippen molar-refractivity contribution in [1.82, 2.24) is 10.2 Å². The molecular weight excluding hydrogens is 344 g/mol. The molecule has 4 aromatic rings. The van der Waals surface area contributed by atoms with Gasteiger partial charge in [0, 0.05) is 22.9 Å². The Balaban J connectivity index is 1.43. The lowest BCUT2D eigenvalue weighted by atomic mass is 9.96. The first-order valence-electron chi connectivity index (χ1n) is 8.91. The number of carbonyl (C=O) groups is 1. The van der Waals surface area contributed by atoms with Crippen molar-refractivity contribution in [3.05, 3.63) is 65.7 Å². The van der Waals surface area contributed by atoms with Crippen molar-refractivity contribution in [1.29, 1.82) is 0 Å². The minimum absolute atomic E-state index is 0.357. The van der Waals surface area contributed by atoms with Crippen molar-refractivity contribution in [2.45, 2.75) is 25.7 Å². The first-order chi connectivity index (χ1) is 13.3. The van der Waals surface area contributed by atoms with Crippen LogP contribution in [0.4, 0.5) is 0 Å². The van der Waals surface area contributed by atoms with Crippen LogP contribution in [0, 0.1) is 0 Å². The van der Waals surface area contributed by atoms with Crippen LogP contribution in [0.25, 0.3) is 22.4 Å². The number of ether oxygens (including phenoxy) is 1. The molecule has 0 amide bonds. The maximum absolute atomic E-state index is 12.6. The first-order valence-corrected chi connectivity index (χ1v) is 8.91. The minimum Gasteiger partial charge on any atom is -0.461 e. The number of aromatic nitrogens is 2. The summed E-state index contributed by atoms with van der Waals surface area (Å²) in [6, 6.07) is 12.4. The van der Waals surface area contributed by atoms with Gasteiger partial charge in [0.25, 0.3) is 0 Å². The molecule has 0 atom stereocenters. The number of aryl methyl sites for hydroxylation is 2. The average molecular weight is 360 g/mol. The van der Waals surface area contributed by atoms with Gasteiger partial charge in [-0.25, -0.2) is 4.79 Å². The predicted molar refractivity (Wildman–Crippen MR) is 97.5 cm³/mol. The summed E-state index contributed by atoms with van der Waals surface area (Å²) in [6.07, 6.45) is 5.55. The summed E-state index contributed by atoms with van der Waals surface area (Å²) >= 11 is 0. The number of carbonyl (C=O) groups excluding carboxylic acids is 1. The molecule has 0 saturated carbocycles. The summed E-state index contributed by atoms with van der Waals surface area (Å²) in [7, 11) is 0. The molecule has 6 heteroatoms. The molecule has 27 heavy (non-hydrogen) atoms. The smallest absolute Gasteiger partial charge is 0.343 e. The highest BCUT2D eigenvalue weighted by molar-refractivity contribution is 5.93. The number of benzene rings is 2. The van der Waals surface area contributed by atoms with Gasteiger partial charge in [0.05, 0.1) is 5.56 Å². The Morgan fingerprint density at radius 1 is 1.07 bits per heavy atom. The second-order valence-corrected chi connectivity index (χ2v) is 6.58. The van der Waals surface area contributed by atoms with E-state index in [0.717, 1.165) is 42.4 Å². The van der Waals surface area contributed by atoms with Crippen LogP contribution < -0.4 is 4.74 Å². The van der Waals surface area contributed by atoms with E-state index < -0.39 is 5.97 Å². The average Bonchev–Trinajstić information content (AvgIpc) is 3.36. The van der Waals surface area contributed by atoms with Gasteiger partial charge >= 0.3 is 5.97 Å². The second-order valence-electron chi connectivity index (χ2n) is 6.58. The van der Waals surface area contributed by atoms with Gasteiger partial charge in [0.1, 0.15) is 17.1 Å². The number of nitrogens with zero attached hydrogens (tertiary/aromatic N) is 2. The lowest BCUT2D eigenvalue weighted by Crippen LogP contribution is -2.08. The molecule has 0 fully saturated rings. The number of esters is 1. The van der Waals surface area contributed by atoms with Crippen LogP contribution in [0.5, 0.6) is 5.75 Å². The third-order valence-corrected chi connectivity index (χ3v) is 4.84. The number of hydrogen-bond donors (Lipinski definition) is 0. The topological polar surface area (TPSA) is 78.4 Å². The molecule has 0 N–H and O–H groups in total. The van der Waals surface area contributed by atoms with E-state index in [4.69, 9.17) is 13.6 Å². The Bertz CT molecular complexity index is 1130. The quantitative estimate of drug-likeness (QED) is 0.393. The van der Waals surface area contributed by atoms with Crippen LogP contribution in [0.2, 0.25) is 0 Å². The van der Waals surface area contributed by atoms with Gasteiger partial charge in [-0.05, 0) is 55.7 Å². The highest BCUT2D eigenvalue weighted by Gasteiger charge is 2.19. The van der Waals surface area contributed by atoms with Crippen LogP contribution in [0.1, 0.15) is 34.5 Å². The summed E-state index contributed by atoms with van der Waals surface area (Å²) in [5.41, 5.74) is 3.17. The number of furan rings is 1. The van der Waals surface area contributed by atoms with Crippen molar-refractivity contribution in [3.63, 3.8) is 0 Å². The fraction of sp³-hybridized carbons (Fsp3) is 0.190. The molecular formula is C21H16N2O4. The number of hydrogen-bond acceptors (Lipinski definition) is 6. The fourth-order valence-corrected chi connectivity index (χ4v) is 3.55. The maximum Gasteiger partial charge on any atom is 0.343 e. The lowest BCUT2D eigenvalue weighted by molar-refractivity contribution is 0.0735. The van der Waals surface area contributed by atoms with Gasteiger partial charge < -0.3 is 13.6 Å². The Morgan fingerprint density at radius 3 is 2.89 bits per heavy atom. The zero-order chi connectivity index (χ0) is 18.2. The SMILES string of the molecule is O=C(Oc1ccc2oc3c(c2c1)CCCC3)c1cccc(-c2nnco2)c1. The van der Waals surface area contributed by atoms with E-state index in [9.17, 15) is 4.79 Å². The number of rotatable bonds is 3. The van der Waals surface area contributed by atoms with E-state index in [2.05, 4.69) is 10.2 Å². The van der Waals surface area contributed by atoms with E-state index >= 15 is 0 Å². The Kier molecular flexibility index (Phi) is 3.74. The monoisotopic (exact) mass is 360 g/mol. The Hall–Kier alpha value is -3.41. The van der Waals surface area contributed by atoms with Gasteiger partial charge in [0.15, 0.2) is 0 Å². The largest absolute Gasteiger partial charge is 0.461 e. The molecule has 6 nitrogen and oxygen atoms in total. The molecule has 0 bridgehead atoms. The summed E-state index contributed by atoms with van der Waals surface area (Å²) in [4.78, 5) is 12.6. The summed E-state index contributed by atoms with van der Waals surface area (Å²) in [6.45, 7) is 0. The summed E-state index contributed by atoms with van der Waals surface area (Å²) < 4.78 is 16.7. The van der Waals surface area contributed by atoms with Crippen LogP contribution in [-0.2, 0) is 12.8 Å². The van der Waals surface area contributed by atoms with Crippen LogP contribution >= 0.6 is 0 Å². The maximum atomic E-state index is 12.6. The van der Waals surface area contributed by atoms with Gasteiger partial charge in [-0.2, -0.15) is 0 Å². The van der Waals surface area contributed by atoms with Gasteiger partial charge in [0.2, 0.25) is 12.3 Å². The van der Waals surface area contributed by atoms with E-state index in [1.807, 2.05) is 12.1 Å². The Labute approximate surface area is 154 Å².